The molecule has 0 spiro atoms. The van der Waals surface area contributed by atoms with Gasteiger partial charge in [0.05, 0.1) is 22.8 Å². The van der Waals surface area contributed by atoms with E-state index in [4.69, 9.17) is 9.97 Å². The van der Waals surface area contributed by atoms with E-state index in [1.54, 1.807) is 0 Å². The summed E-state index contributed by atoms with van der Waals surface area (Å²) >= 11 is 0. The predicted octanol–water partition coefficient (Wildman–Crippen LogP) is 9.06. The molecule has 0 saturated carbocycles. The van der Waals surface area contributed by atoms with Crippen molar-refractivity contribution >= 4 is 5.65 Å². The van der Waals surface area contributed by atoms with Gasteiger partial charge < -0.3 is 0 Å². The monoisotopic (exact) mass is 499 g/mol. The maximum atomic E-state index is 5.08. The molecule has 3 heterocycles. The van der Waals surface area contributed by atoms with Crippen molar-refractivity contribution < 1.29 is 0 Å². The van der Waals surface area contributed by atoms with Crippen LogP contribution in [0.2, 0.25) is 0 Å². The average molecular weight is 500 g/mol. The SMILES string of the molecule is c1ccc(-c2cc(-c3ccccc3)nc(-c3ccc(-c4nc5ccccn5c4-c4ccccc4)cc3)c2)cc1. The van der Waals surface area contributed by atoms with Crippen molar-refractivity contribution in [1.82, 2.24) is 14.4 Å². The highest BCUT2D eigenvalue weighted by molar-refractivity contribution is 5.83. The Morgan fingerprint density at radius 2 is 0.897 bits per heavy atom. The summed E-state index contributed by atoms with van der Waals surface area (Å²) in [7, 11) is 0. The molecule has 0 fully saturated rings. The molecule has 0 unspecified atom stereocenters. The molecule has 3 heteroatoms. The first-order valence-electron chi connectivity index (χ1n) is 13.1. The van der Waals surface area contributed by atoms with Crippen LogP contribution in [0.5, 0.6) is 0 Å². The van der Waals surface area contributed by atoms with Crippen molar-refractivity contribution in [2.45, 2.75) is 0 Å². The molecule has 0 aliphatic heterocycles. The summed E-state index contributed by atoms with van der Waals surface area (Å²) in [5, 5.41) is 0. The fourth-order valence-electron chi connectivity index (χ4n) is 5.10. The molecule has 0 N–H and O–H groups in total. The second kappa shape index (κ2) is 9.88. The van der Waals surface area contributed by atoms with Gasteiger partial charge in [0.1, 0.15) is 5.65 Å². The van der Waals surface area contributed by atoms with Gasteiger partial charge in [0.25, 0.3) is 0 Å². The van der Waals surface area contributed by atoms with Crippen molar-refractivity contribution in [2.75, 3.05) is 0 Å². The van der Waals surface area contributed by atoms with Crippen molar-refractivity contribution in [3.8, 4) is 56.2 Å². The van der Waals surface area contributed by atoms with Gasteiger partial charge in [-0.1, -0.05) is 121 Å². The Morgan fingerprint density at radius 1 is 0.385 bits per heavy atom. The van der Waals surface area contributed by atoms with Crippen LogP contribution in [-0.4, -0.2) is 14.4 Å². The summed E-state index contributed by atoms with van der Waals surface area (Å²) < 4.78 is 2.16. The Bertz CT molecular complexity index is 1810. The van der Waals surface area contributed by atoms with E-state index < -0.39 is 0 Å². The Balaban J connectivity index is 1.34. The molecule has 184 valence electrons. The minimum absolute atomic E-state index is 0.931. The molecular weight excluding hydrogens is 474 g/mol. The summed E-state index contributed by atoms with van der Waals surface area (Å²) in [6, 6.07) is 50.4. The number of hydrogen-bond acceptors (Lipinski definition) is 2. The lowest BCUT2D eigenvalue weighted by molar-refractivity contribution is 1.19. The summed E-state index contributed by atoms with van der Waals surface area (Å²) in [6.45, 7) is 0. The van der Waals surface area contributed by atoms with E-state index in [9.17, 15) is 0 Å². The van der Waals surface area contributed by atoms with Crippen LogP contribution in [0.3, 0.4) is 0 Å². The summed E-state index contributed by atoms with van der Waals surface area (Å²) in [5.41, 5.74) is 11.6. The zero-order valence-electron chi connectivity index (χ0n) is 21.3. The van der Waals surface area contributed by atoms with Crippen LogP contribution in [0.15, 0.2) is 152 Å². The van der Waals surface area contributed by atoms with Gasteiger partial charge in [-0.3, -0.25) is 4.40 Å². The number of nitrogens with zero attached hydrogens (tertiary/aromatic N) is 3. The Morgan fingerprint density at radius 3 is 1.54 bits per heavy atom. The van der Waals surface area contributed by atoms with Gasteiger partial charge in [-0.15, -0.1) is 0 Å². The van der Waals surface area contributed by atoms with Crippen LogP contribution in [0.25, 0.3) is 61.8 Å². The molecule has 0 bridgehead atoms. The van der Waals surface area contributed by atoms with Crippen LogP contribution in [-0.2, 0) is 0 Å². The van der Waals surface area contributed by atoms with Crippen LogP contribution in [0, 0.1) is 0 Å². The summed E-state index contributed by atoms with van der Waals surface area (Å²) in [4.78, 5) is 10.1. The quantitative estimate of drug-likeness (QED) is 0.236. The number of fused-ring (bicyclic) bond motifs is 1. The third kappa shape index (κ3) is 4.41. The zero-order chi connectivity index (χ0) is 26.0. The van der Waals surface area contributed by atoms with Crippen molar-refractivity contribution in [2.24, 2.45) is 0 Å². The fraction of sp³-hybridized carbons (Fsp3) is 0. The average Bonchev–Trinajstić information content (AvgIpc) is 3.42. The highest BCUT2D eigenvalue weighted by atomic mass is 15.0. The van der Waals surface area contributed by atoms with E-state index in [0.29, 0.717) is 0 Å². The van der Waals surface area contributed by atoms with E-state index in [1.165, 1.54) is 5.56 Å². The first kappa shape index (κ1) is 22.9. The van der Waals surface area contributed by atoms with Gasteiger partial charge in [-0.25, -0.2) is 9.97 Å². The molecule has 39 heavy (non-hydrogen) atoms. The number of aromatic nitrogens is 3. The molecule has 7 aromatic rings. The highest BCUT2D eigenvalue weighted by Gasteiger charge is 2.16. The van der Waals surface area contributed by atoms with E-state index in [0.717, 1.165) is 56.2 Å². The largest absolute Gasteiger partial charge is 0.299 e. The molecule has 3 nitrogen and oxygen atoms in total. The van der Waals surface area contributed by atoms with E-state index in [2.05, 4.69) is 126 Å². The molecule has 0 atom stereocenters. The second-order valence-electron chi connectivity index (χ2n) is 9.54. The summed E-state index contributed by atoms with van der Waals surface area (Å²) in [6.07, 6.45) is 2.08. The molecule has 4 aromatic carbocycles. The van der Waals surface area contributed by atoms with Crippen LogP contribution in [0.1, 0.15) is 0 Å². The maximum absolute atomic E-state index is 5.08. The zero-order valence-corrected chi connectivity index (χ0v) is 21.3. The molecule has 0 saturated heterocycles. The topological polar surface area (TPSA) is 30.2 Å². The fourth-order valence-corrected chi connectivity index (χ4v) is 5.10. The highest BCUT2D eigenvalue weighted by Crippen LogP contribution is 2.35. The second-order valence-corrected chi connectivity index (χ2v) is 9.54. The molecule has 0 aliphatic rings. The van der Waals surface area contributed by atoms with Crippen molar-refractivity contribution in [3.63, 3.8) is 0 Å². The van der Waals surface area contributed by atoms with Gasteiger partial charge in [0.15, 0.2) is 0 Å². The number of hydrogen-bond donors (Lipinski definition) is 0. The lowest BCUT2D eigenvalue weighted by atomic mass is 9.99. The Hall–Kier alpha value is -5.28. The summed E-state index contributed by atoms with van der Waals surface area (Å²) in [5.74, 6) is 0. The van der Waals surface area contributed by atoms with Crippen LogP contribution < -0.4 is 0 Å². The minimum atomic E-state index is 0.931. The van der Waals surface area contributed by atoms with Gasteiger partial charge in [-0.2, -0.15) is 0 Å². The number of imidazole rings is 1. The molecular formula is C36H25N3. The van der Waals surface area contributed by atoms with E-state index >= 15 is 0 Å². The first-order chi connectivity index (χ1) is 19.3. The Kier molecular flexibility index (Phi) is 5.80. The van der Waals surface area contributed by atoms with Gasteiger partial charge in [-0.05, 0) is 35.4 Å². The van der Waals surface area contributed by atoms with Crippen molar-refractivity contribution in [1.29, 1.82) is 0 Å². The van der Waals surface area contributed by atoms with Gasteiger partial charge in [0, 0.05) is 28.5 Å². The van der Waals surface area contributed by atoms with E-state index in [1.807, 2.05) is 30.3 Å². The van der Waals surface area contributed by atoms with Gasteiger partial charge >= 0.3 is 0 Å². The first-order valence-corrected chi connectivity index (χ1v) is 13.1. The van der Waals surface area contributed by atoms with Crippen molar-refractivity contribution in [3.05, 3.63) is 152 Å². The minimum Gasteiger partial charge on any atom is -0.299 e. The molecule has 0 radical (unpaired) electrons. The lowest BCUT2D eigenvalue weighted by Gasteiger charge is -2.11. The molecule has 0 amide bonds. The van der Waals surface area contributed by atoms with Crippen LogP contribution >= 0.6 is 0 Å². The molecule has 7 rings (SSSR count). The third-order valence-corrected chi connectivity index (χ3v) is 7.03. The normalized spacial score (nSPS) is 11.1. The molecule has 3 aromatic heterocycles. The maximum Gasteiger partial charge on any atom is 0.137 e. The standard InChI is InChI=1S/C36H25N3/c1-4-12-26(13-5-1)31-24-32(27-14-6-2-7-15-27)37-33(25-31)28-19-21-29(22-20-28)35-36(30-16-8-3-9-17-30)39-23-11-10-18-34(39)38-35/h1-25H. The number of pyridine rings is 2. The smallest absolute Gasteiger partial charge is 0.137 e. The number of benzene rings is 4. The lowest BCUT2D eigenvalue weighted by Crippen LogP contribution is -1.92. The van der Waals surface area contributed by atoms with Crippen LogP contribution in [0.4, 0.5) is 0 Å². The Labute approximate surface area is 227 Å². The van der Waals surface area contributed by atoms with Gasteiger partial charge in [0.2, 0.25) is 0 Å². The van der Waals surface area contributed by atoms with E-state index in [-0.39, 0.29) is 0 Å². The molecule has 0 aliphatic carbocycles. The number of rotatable bonds is 5. The third-order valence-electron chi connectivity index (χ3n) is 7.03. The predicted molar refractivity (Wildman–Crippen MR) is 160 cm³/mol.